The van der Waals surface area contributed by atoms with Crippen LogP contribution in [0.15, 0.2) is 255 Å². The van der Waals surface area contributed by atoms with E-state index in [4.69, 9.17) is 8.22 Å². The lowest BCUT2D eigenvalue weighted by molar-refractivity contribution is 0.629. The average Bonchev–Trinajstić information content (AvgIpc) is 3.63. The maximum absolute atomic E-state index is 18.0. The Morgan fingerprint density at radius 1 is 0.324 bits per heavy atom. The normalized spacial score (nSPS) is 13.4. The highest BCUT2D eigenvalue weighted by Gasteiger charge is 2.28. The first-order valence-electron chi connectivity index (χ1n) is 27.1. The van der Waals surface area contributed by atoms with Crippen LogP contribution in [-0.2, 0) is 0 Å². The fraction of sp³-hybridized carbons (Fsp3) is 0. The summed E-state index contributed by atoms with van der Waals surface area (Å²) in [6.45, 7) is 0. The Morgan fingerprint density at radius 2 is 0.662 bits per heavy atom. The predicted molar refractivity (Wildman–Crippen MR) is 281 cm³/mol. The molecule has 0 saturated heterocycles. The monoisotopic (exact) mass is 886 g/mol. The predicted octanol–water partition coefficient (Wildman–Crippen LogP) is 18.5. The van der Waals surface area contributed by atoms with Crippen LogP contribution < -0.4 is 9.80 Å². The van der Waals surface area contributed by atoms with Crippen molar-refractivity contribution < 1.29 is 22.5 Å². The lowest BCUT2D eigenvalue weighted by Gasteiger charge is -2.31. The van der Waals surface area contributed by atoms with Gasteiger partial charge in [-0.3, -0.25) is 0 Å². The van der Waals surface area contributed by atoms with Gasteiger partial charge in [0.2, 0.25) is 0 Å². The molecule has 12 aromatic rings. The van der Waals surface area contributed by atoms with Crippen molar-refractivity contribution in [3.05, 3.63) is 266 Å². The summed E-state index contributed by atoms with van der Waals surface area (Å²) in [4.78, 5) is 2.82. The van der Waals surface area contributed by atoms with E-state index in [0.717, 1.165) is 11.1 Å². The van der Waals surface area contributed by atoms with Gasteiger partial charge in [0.25, 0.3) is 0 Å². The number of hydrogen-bond acceptors (Lipinski definition) is 2. The van der Waals surface area contributed by atoms with Crippen LogP contribution in [-0.4, -0.2) is 0 Å². The summed E-state index contributed by atoms with van der Waals surface area (Å²) in [5.74, 6) is -1.47. The quantitative estimate of drug-likeness (QED) is 0.126. The molecule has 2 nitrogen and oxygen atoms in total. The lowest BCUT2D eigenvalue weighted by Crippen LogP contribution is -2.14. The highest BCUT2D eigenvalue weighted by Crippen LogP contribution is 2.51. The number of nitrogens with zero attached hydrogens (tertiary/aromatic N) is 2. The third-order valence-electron chi connectivity index (χ3n) is 12.5. The zero-order valence-corrected chi connectivity index (χ0v) is 36.1. The first kappa shape index (κ1) is 31.1. The molecular formula is C64H42F2N2. The van der Waals surface area contributed by atoms with Crippen molar-refractivity contribution in [2.75, 3.05) is 9.80 Å². The molecule has 0 atom stereocenters. The minimum atomic E-state index is -0.737. The van der Waals surface area contributed by atoms with Gasteiger partial charge in [-0.2, -0.15) is 0 Å². The van der Waals surface area contributed by atoms with Crippen molar-refractivity contribution in [2.24, 2.45) is 0 Å². The molecule has 0 radical (unpaired) electrons. The summed E-state index contributed by atoms with van der Waals surface area (Å²) < 4.78 is 126. The standard InChI is InChI=1S/C64H42F2N2/c65-57-41-49(43-19-7-1-8-20-43)39-55(45-23-11-3-12-24-45)63(57)67(51-27-15-5-16-28-51)59-37-33-47-32-36-54-60(38-34-48-31-35-53(59)61(47)62(48)54)68(52-29-17-6-18-30-52)64-56(46-25-13-4-14-26-46)40-50(42-58(64)66)44-21-9-2-10-22-44/h1-42H/i5D,6D,15D,16D,17D,18D,27D,28D,29D,30D. The van der Waals surface area contributed by atoms with E-state index in [2.05, 4.69) is 0 Å². The first-order valence-corrected chi connectivity index (χ1v) is 22.1. The number of hydrogen-bond donors (Lipinski definition) is 0. The van der Waals surface area contributed by atoms with Gasteiger partial charge in [0, 0.05) is 33.3 Å². The third-order valence-corrected chi connectivity index (χ3v) is 12.5. The second kappa shape index (κ2) is 17.2. The van der Waals surface area contributed by atoms with Crippen LogP contribution in [0, 0.1) is 11.6 Å². The Morgan fingerprint density at radius 3 is 1.03 bits per heavy atom. The fourth-order valence-corrected chi connectivity index (χ4v) is 9.50. The molecule has 0 aliphatic rings. The van der Waals surface area contributed by atoms with Crippen LogP contribution in [0.5, 0.6) is 0 Å². The maximum atomic E-state index is 18.0. The molecule has 12 aromatic carbocycles. The highest BCUT2D eigenvalue weighted by atomic mass is 19.1. The van der Waals surface area contributed by atoms with Crippen LogP contribution in [0.25, 0.3) is 76.8 Å². The third kappa shape index (κ3) is 7.11. The molecule has 0 bridgehead atoms. The molecule has 0 heterocycles. The zero-order chi connectivity index (χ0) is 54.3. The van der Waals surface area contributed by atoms with Gasteiger partial charge < -0.3 is 9.80 Å². The smallest absolute Gasteiger partial charge is 0.148 e. The zero-order valence-electron chi connectivity index (χ0n) is 46.1. The van der Waals surface area contributed by atoms with Crippen LogP contribution in [0.4, 0.5) is 42.9 Å². The van der Waals surface area contributed by atoms with Crippen molar-refractivity contribution >= 4 is 66.4 Å². The molecule has 12 rings (SSSR count). The van der Waals surface area contributed by atoms with Gasteiger partial charge in [0.1, 0.15) is 11.6 Å². The topological polar surface area (TPSA) is 6.48 Å². The van der Waals surface area contributed by atoms with E-state index in [0.29, 0.717) is 65.7 Å². The van der Waals surface area contributed by atoms with Crippen molar-refractivity contribution in [1.29, 1.82) is 0 Å². The van der Waals surface area contributed by atoms with Crippen LogP contribution in [0.3, 0.4) is 0 Å². The first-order chi connectivity index (χ1) is 37.7. The van der Waals surface area contributed by atoms with Gasteiger partial charge in [0.05, 0.1) is 36.5 Å². The minimum absolute atomic E-state index is 0.0784. The summed E-state index contributed by atoms with van der Waals surface area (Å²) in [7, 11) is 0. The summed E-state index contributed by atoms with van der Waals surface area (Å²) in [5, 5.41) is 3.58. The Bertz CT molecular complexity index is 4020. The fourth-order valence-electron chi connectivity index (χ4n) is 9.50. The van der Waals surface area contributed by atoms with Gasteiger partial charge in [-0.15, -0.1) is 0 Å². The SMILES string of the molecule is [2H]c1c([2H])c([2H])c(N(c2c(F)cc(-c3ccccc3)cc2-c2ccccc2)c2ccc3ccc4c(N(c5c(F)cc(-c6ccccc6)cc5-c5ccccc5)c5c([2H])c([2H])c([2H])c([2H])c5[2H])ccc5ccc2c3c54)c([2H])c1[2H]. The van der Waals surface area contributed by atoms with E-state index < -0.39 is 72.1 Å². The Hall–Kier alpha value is -8.86. The summed E-state index contributed by atoms with van der Waals surface area (Å²) in [6, 6.07) is 51.7. The molecule has 0 fully saturated rings. The van der Waals surface area contributed by atoms with Crippen LogP contribution >= 0.6 is 0 Å². The van der Waals surface area contributed by atoms with Gasteiger partial charge >= 0.3 is 0 Å². The molecule has 0 aliphatic carbocycles. The van der Waals surface area contributed by atoms with Gasteiger partial charge in [-0.1, -0.05) is 194 Å². The van der Waals surface area contributed by atoms with E-state index in [1.165, 1.54) is 21.9 Å². The van der Waals surface area contributed by atoms with E-state index in [1.54, 1.807) is 12.1 Å². The average molecular weight is 887 g/mol. The molecule has 0 N–H and O–H groups in total. The molecule has 0 saturated carbocycles. The van der Waals surface area contributed by atoms with Crippen molar-refractivity contribution in [3.8, 4) is 44.5 Å². The van der Waals surface area contributed by atoms with Gasteiger partial charge in [-0.05, 0) is 115 Å². The largest absolute Gasteiger partial charge is 0.307 e. The van der Waals surface area contributed by atoms with Crippen LogP contribution in [0.2, 0.25) is 0 Å². The molecule has 0 spiro atoms. The number of halogens is 2. The second-order valence-electron chi connectivity index (χ2n) is 16.4. The van der Waals surface area contributed by atoms with Crippen molar-refractivity contribution in [2.45, 2.75) is 0 Å². The van der Waals surface area contributed by atoms with Crippen molar-refractivity contribution in [1.82, 2.24) is 0 Å². The maximum Gasteiger partial charge on any atom is 0.148 e. The minimum Gasteiger partial charge on any atom is -0.307 e. The lowest BCUT2D eigenvalue weighted by atomic mass is 9.90. The van der Waals surface area contributed by atoms with Gasteiger partial charge in [-0.25, -0.2) is 8.78 Å². The number of rotatable bonds is 10. The summed E-state index contributed by atoms with van der Waals surface area (Å²) in [5.41, 5.74) is 4.27. The van der Waals surface area contributed by atoms with E-state index in [-0.39, 0.29) is 34.1 Å². The van der Waals surface area contributed by atoms with Crippen molar-refractivity contribution in [3.63, 3.8) is 0 Å². The van der Waals surface area contributed by atoms with Gasteiger partial charge in [0.15, 0.2) is 0 Å². The molecule has 0 aromatic heterocycles. The highest BCUT2D eigenvalue weighted by molar-refractivity contribution is 6.28. The second-order valence-corrected chi connectivity index (χ2v) is 16.4. The summed E-state index contributed by atoms with van der Waals surface area (Å²) >= 11 is 0. The molecule has 322 valence electrons. The molecule has 4 heteroatoms. The molecule has 0 unspecified atom stereocenters. The Balaban J connectivity index is 1.19. The molecule has 68 heavy (non-hydrogen) atoms. The molecule has 0 aliphatic heterocycles. The number of benzene rings is 12. The number of para-hydroxylation sites is 2. The molecule has 0 amide bonds. The number of anilines is 6. The molecular weight excluding hydrogens is 835 g/mol. The van der Waals surface area contributed by atoms with E-state index in [9.17, 15) is 5.48 Å². The van der Waals surface area contributed by atoms with E-state index in [1.807, 2.05) is 170 Å². The van der Waals surface area contributed by atoms with Crippen LogP contribution in [0.1, 0.15) is 13.7 Å². The van der Waals surface area contributed by atoms with E-state index >= 15 is 8.78 Å². The summed E-state index contributed by atoms with van der Waals surface area (Å²) in [6.07, 6.45) is 0. The Kier molecular flexibility index (Phi) is 7.86. The Labute approximate surface area is 408 Å².